The van der Waals surface area contributed by atoms with E-state index in [1.165, 1.54) is 34.2 Å². The third-order valence-corrected chi connectivity index (χ3v) is 5.78. The fraction of sp³-hybridized carbons (Fsp3) is 0.471. The van der Waals surface area contributed by atoms with Crippen LogP contribution >= 0.6 is 11.3 Å². The van der Waals surface area contributed by atoms with Crippen LogP contribution in [0.2, 0.25) is 0 Å². The van der Waals surface area contributed by atoms with Crippen LogP contribution in [0, 0.1) is 12.8 Å². The molecule has 7 nitrogen and oxygen atoms in total. The van der Waals surface area contributed by atoms with Gasteiger partial charge in [-0.2, -0.15) is 0 Å². The van der Waals surface area contributed by atoms with Crippen LogP contribution in [0.15, 0.2) is 23.1 Å². The summed E-state index contributed by atoms with van der Waals surface area (Å²) < 4.78 is 1.49. The number of hydrogen-bond donors (Lipinski definition) is 3. The van der Waals surface area contributed by atoms with Crippen LogP contribution in [0.4, 0.5) is 0 Å². The Morgan fingerprint density at radius 2 is 2.32 bits per heavy atom. The molecule has 1 aliphatic rings. The molecule has 134 valence electrons. The lowest BCUT2D eigenvalue weighted by Gasteiger charge is -2.31. The molecule has 3 rings (SSSR count). The van der Waals surface area contributed by atoms with Crippen molar-refractivity contribution in [3.05, 3.63) is 49.8 Å². The molecule has 2 aromatic heterocycles. The molecule has 25 heavy (non-hydrogen) atoms. The molecule has 1 aliphatic heterocycles. The summed E-state index contributed by atoms with van der Waals surface area (Å²) in [6.45, 7) is 3.41. The van der Waals surface area contributed by atoms with E-state index in [-0.39, 0.29) is 29.7 Å². The quantitative estimate of drug-likeness (QED) is 0.742. The molecular weight excluding hydrogens is 342 g/mol. The minimum absolute atomic E-state index is 0.0732. The molecule has 0 radical (unpaired) electrons. The zero-order chi connectivity index (χ0) is 18.0. The predicted octanol–water partition coefficient (Wildman–Crippen LogP) is 1.39. The maximum Gasteiger partial charge on any atom is 0.337 e. The highest BCUT2D eigenvalue weighted by Gasteiger charge is 2.30. The minimum Gasteiger partial charge on any atom is -0.478 e. The number of rotatable bonds is 5. The van der Waals surface area contributed by atoms with Gasteiger partial charge in [0.05, 0.1) is 28.8 Å². The molecule has 0 bridgehead atoms. The number of aryl methyl sites for hydroxylation is 1. The Morgan fingerprint density at radius 1 is 1.52 bits per heavy atom. The van der Waals surface area contributed by atoms with Crippen LogP contribution in [0.25, 0.3) is 0 Å². The molecular formula is C17H21N3O4S. The topological polar surface area (TPSA) is 104 Å². The second-order valence-corrected chi connectivity index (χ2v) is 7.35. The number of piperidine rings is 1. The van der Waals surface area contributed by atoms with Crippen molar-refractivity contribution in [1.29, 1.82) is 0 Å². The molecule has 0 amide bonds. The van der Waals surface area contributed by atoms with Gasteiger partial charge >= 0.3 is 5.97 Å². The third kappa shape index (κ3) is 3.65. The summed E-state index contributed by atoms with van der Waals surface area (Å²) in [4.78, 5) is 29.2. The smallest absolute Gasteiger partial charge is 0.337 e. The van der Waals surface area contributed by atoms with E-state index in [1.54, 1.807) is 0 Å². The lowest BCUT2D eigenvalue weighted by Crippen LogP contribution is -2.38. The normalized spacial score (nSPS) is 18.9. The minimum atomic E-state index is -1.07. The summed E-state index contributed by atoms with van der Waals surface area (Å²) in [6, 6.07) is 2.27. The van der Waals surface area contributed by atoms with Crippen LogP contribution in [0.5, 0.6) is 0 Å². The summed E-state index contributed by atoms with van der Waals surface area (Å²) in [6.07, 6.45) is 3.32. The third-order valence-electron chi connectivity index (χ3n) is 4.57. The summed E-state index contributed by atoms with van der Waals surface area (Å²) in [5.74, 6) is -0.937. The number of carboxylic acid groups (broad SMARTS) is 1. The number of aliphatic hydroxyl groups excluding tert-OH is 1. The second-order valence-electron chi connectivity index (χ2n) is 6.24. The van der Waals surface area contributed by atoms with Gasteiger partial charge in [0.2, 0.25) is 0 Å². The molecule has 3 N–H and O–H groups in total. The summed E-state index contributed by atoms with van der Waals surface area (Å²) >= 11 is 1.38. The largest absolute Gasteiger partial charge is 0.478 e. The van der Waals surface area contributed by atoms with Crippen LogP contribution in [0.3, 0.4) is 0 Å². The van der Waals surface area contributed by atoms with E-state index < -0.39 is 5.97 Å². The van der Waals surface area contributed by atoms with E-state index in [0.29, 0.717) is 0 Å². The van der Waals surface area contributed by atoms with E-state index in [4.69, 9.17) is 0 Å². The van der Waals surface area contributed by atoms with Crippen LogP contribution in [0.1, 0.15) is 44.8 Å². The Balaban J connectivity index is 2.12. The van der Waals surface area contributed by atoms with Gasteiger partial charge in [0.1, 0.15) is 5.01 Å². The zero-order valence-electron chi connectivity index (χ0n) is 13.9. The Labute approximate surface area is 149 Å². The second kappa shape index (κ2) is 7.47. The Morgan fingerprint density at radius 3 is 2.92 bits per heavy atom. The fourth-order valence-electron chi connectivity index (χ4n) is 3.27. The molecule has 1 fully saturated rings. The van der Waals surface area contributed by atoms with Gasteiger partial charge in [0.15, 0.2) is 0 Å². The van der Waals surface area contributed by atoms with Gasteiger partial charge in [0.25, 0.3) is 5.56 Å². The first-order valence-corrected chi connectivity index (χ1v) is 9.06. The Bertz CT molecular complexity index is 824. The lowest BCUT2D eigenvalue weighted by molar-refractivity contribution is 0.0695. The SMILES string of the molecule is Cc1nc([C@@H]([C@H]2CCCNC2)n2cc(C(=O)O)ccc2=O)sc1CO. The van der Waals surface area contributed by atoms with Crippen molar-refractivity contribution in [3.8, 4) is 0 Å². The van der Waals surface area contributed by atoms with Gasteiger partial charge < -0.3 is 20.1 Å². The number of carboxylic acids is 1. The van der Waals surface area contributed by atoms with E-state index >= 15 is 0 Å². The zero-order valence-corrected chi connectivity index (χ0v) is 14.8. The van der Waals surface area contributed by atoms with Crippen LogP contribution in [-0.2, 0) is 6.61 Å². The average Bonchev–Trinajstić information content (AvgIpc) is 2.98. The van der Waals surface area contributed by atoms with Crippen molar-refractivity contribution in [2.45, 2.75) is 32.4 Å². The maximum atomic E-state index is 12.5. The first-order chi connectivity index (χ1) is 12.0. The van der Waals surface area contributed by atoms with Crippen LogP contribution < -0.4 is 10.9 Å². The lowest BCUT2D eigenvalue weighted by atomic mass is 9.91. The average molecular weight is 363 g/mol. The van der Waals surface area contributed by atoms with Gasteiger partial charge in [0, 0.05) is 18.8 Å². The van der Waals surface area contributed by atoms with Gasteiger partial charge in [-0.3, -0.25) is 4.79 Å². The Kier molecular flexibility index (Phi) is 5.31. The monoisotopic (exact) mass is 363 g/mol. The molecule has 0 aliphatic carbocycles. The predicted molar refractivity (Wildman–Crippen MR) is 94.2 cm³/mol. The number of aromatic carboxylic acids is 1. The van der Waals surface area contributed by atoms with Crippen molar-refractivity contribution in [2.24, 2.45) is 5.92 Å². The summed E-state index contributed by atoms with van der Waals surface area (Å²) in [5, 5.41) is 22.8. The molecule has 8 heteroatoms. The van der Waals surface area contributed by atoms with Crippen molar-refractivity contribution in [1.82, 2.24) is 14.9 Å². The molecule has 3 heterocycles. The number of aromatic nitrogens is 2. The van der Waals surface area contributed by atoms with Gasteiger partial charge in [-0.05, 0) is 38.3 Å². The molecule has 0 saturated carbocycles. The number of hydrogen-bond acceptors (Lipinski definition) is 6. The highest BCUT2D eigenvalue weighted by atomic mass is 32.1. The van der Waals surface area contributed by atoms with Crippen molar-refractivity contribution >= 4 is 17.3 Å². The van der Waals surface area contributed by atoms with Gasteiger partial charge in [-0.15, -0.1) is 11.3 Å². The highest BCUT2D eigenvalue weighted by Crippen LogP contribution is 2.34. The van der Waals surface area contributed by atoms with Crippen molar-refractivity contribution in [2.75, 3.05) is 13.1 Å². The Hall–Kier alpha value is -2.03. The van der Waals surface area contributed by atoms with Crippen LogP contribution in [-0.4, -0.2) is 38.8 Å². The molecule has 0 spiro atoms. The van der Waals surface area contributed by atoms with Crippen molar-refractivity contribution < 1.29 is 15.0 Å². The number of carbonyl (C=O) groups is 1. The standard InChI is InChI=1S/C17H21N3O4S/c1-10-13(9-21)25-16(19-10)15(11-3-2-6-18-7-11)20-8-12(17(23)24)4-5-14(20)22/h4-5,8,11,15,18,21H,2-3,6-7,9H2,1H3,(H,23,24)/t11-,15+/m0/s1. The maximum absolute atomic E-state index is 12.5. The van der Waals surface area contributed by atoms with E-state index in [0.717, 1.165) is 41.5 Å². The molecule has 1 saturated heterocycles. The van der Waals surface area contributed by atoms with E-state index in [2.05, 4.69) is 10.3 Å². The molecule has 2 atom stereocenters. The number of thiazole rings is 1. The number of nitrogens with zero attached hydrogens (tertiary/aromatic N) is 2. The molecule has 0 aromatic carbocycles. The van der Waals surface area contributed by atoms with E-state index in [9.17, 15) is 19.8 Å². The molecule has 0 unspecified atom stereocenters. The summed E-state index contributed by atoms with van der Waals surface area (Å²) in [5.41, 5.74) is 0.571. The summed E-state index contributed by atoms with van der Waals surface area (Å²) in [7, 11) is 0. The van der Waals surface area contributed by atoms with Crippen molar-refractivity contribution in [3.63, 3.8) is 0 Å². The first-order valence-electron chi connectivity index (χ1n) is 8.24. The van der Waals surface area contributed by atoms with Gasteiger partial charge in [-0.25, -0.2) is 9.78 Å². The van der Waals surface area contributed by atoms with E-state index in [1.807, 2.05) is 6.92 Å². The fourth-order valence-corrected chi connectivity index (χ4v) is 4.39. The number of aliphatic hydroxyl groups is 1. The number of nitrogens with one attached hydrogen (secondary N) is 1. The molecule has 2 aromatic rings. The number of pyridine rings is 1. The highest BCUT2D eigenvalue weighted by molar-refractivity contribution is 7.11. The first kappa shape index (κ1) is 17.8. The van der Waals surface area contributed by atoms with Gasteiger partial charge in [-0.1, -0.05) is 0 Å².